The molecule has 0 aliphatic carbocycles. The van der Waals surface area contributed by atoms with E-state index >= 15 is 0 Å². The van der Waals surface area contributed by atoms with Crippen LogP contribution in [0.15, 0.2) is 30.3 Å². The second kappa shape index (κ2) is 6.61. The van der Waals surface area contributed by atoms with Gasteiger partial charge in [-0.05, 0) is 25.3 Å². The fourth-order valence-electron chi connectivity index (χ4n) is 2.62. The zero-order valence-electron chi connectivity index (χ0n) is 12.5. The largest absolute Gasteiger partial charge is 0.469 e. The first-order valence-electron chi connectivity index (χ1n) is 7.09. The summed E-state index contributed by atoms with van der Waals surface area (Å²) in [5.74, 6) is -0.275. The average molecular weight is 291 g/mol. The van der Waals surface area contributed by atoms with Gasteiger partial charge < -0.3 is 14.4 Å². The van der Waals surface area contributed by atoms with Crippen LogP contribution in [0.3, 0.4) is 0 Å². The summed E-state index contributed by atoms with van der Waals surface area (Å²) in [5, 5.41) is 0. The Hall–Kier alpha value is -2.04. The predicted octanol–water partition coefficient (Wildman–Crippen LogP) is 2.60. The maximum Gasteiger partial charge on any atom is 0.410 e. The van der Waals surface area contributed by atoms with E-state index in [2.05, 4.69) is 0 Å². The molecule has 1 fully saturated rings. The van der Waals surface area contributed by atoms with Crippen molar-refractivity contribution in [2.75, 3.05) is 20.2 Å². The van der Waals surface area contributed by atoms with Gasteiger partial charge in [-0.3, -0.25) is 4.79 Å². The van der Waals surface area contributed by atoms with Gasteiger partial charge in [-0.15, -0.1) is 0 Å². The minimum Gasteiger partial charge on any atom is -0.469 e. The molecule has 1 aromatic rings. The number of piperidine rings is 1. The summed E-state index contributed by atoms with van der Waals surface area (Å²) in [6.45, 7) is 3.02. The molecule has 0 bridgehead atoms. The summed E-state index contributed by atoms with van der Waals surface area (Å²) >= 11 is 0. The fraction of sp³-hybridized carbons (Fsp3) is 0.500. The Kier molecular flexibility index (Phi) is 4.83. The number of rotatable bonds is 3. The standard InChI is InChI=1S/C16H21NO4/c1-16(14(18)20-2)9-6-10-17(12-16)15(19)21-11-13-7-4-3-5-8-13/h3-5,7-8H,6,9-12H2,1-2H3/t16-/m1/s1. The van der Waals surface area contributed by atoms with Gasteiger partial charge in [0.25, 0.3) is 0 Å². The molecule has 1 amide bonds. The highest BCUT2D eigenvalue weighted by Crippen LogP contribution is 2.31. The lowest BCUT2D eigenvalue weighted by Crippen LogP contribution is -2.48. The summed E-state index contributed by atoms with van der Waals surface area (Å²) < 4.78 is 10.1. The molecule has 1 atom stereocenters. The van der Waals surface area contributed by atoms with E-state index in [1.54, 1.807) is 4.90 Å². The zero-order chi connectivity index (χ0) is 15.3. The molecular formula is C16H21NO4. The van der Waals surface area contributed by atoms with E-state index in [4.69, 9.17) is 9.47 Å². The van der Waals surface area contributed by atoms with E-state index in [1.807, 2.05) is 37.3 Å². The number of carbonyl (C=O) groups is 2. The third kappa shape index (κ3) is 3.74. The highest BCUT2D eigenvalue weighted by Gasteiger charge is 2.40. The summed E-state index contributed by atoms with van der Waals surface area (Å²) in [7, 11) is 1.38. The molecule has 114 valence electrons. The van der Waals surface area contributed by atoms with Crippen molar-refractivity contribution in [3.05, 3.63) is 35.9 Å². The normalized spacial score (nSPS) is 21.7. The Bertz CT molecular complexity index is 502. The number of methoxy groups -OCH3 is 1. The Morgan fingerprint density at radius 1 is 1.29 bits per heavy atom. The lowest BCUT2D eigenvalue weighted by atomic mass is 9.82. The molecule has 1 aliphatic heterocycles. The molecule has 1 saturated heterocycles. The average Bonchev–Trinajstić information content (AvgIpc) is 2.52. The van der Waals surface area contributed by atoms with Crippen LogP contribution in [-0.2, 0) is 20.9 Å². The minimum absolute atomic E-state index is 0.241. The van der Waals surface area contributed by atoms with Crippen molar-refractivity contribution in [3.8, 4) is 0 Å². The second-order valence-corrected chi connectivity index (χ2v) is 5.62. The number of amides is 1. The van der Waals surface area contributed by atoms with Crippen molar-refractivity contribution >= 4 is 12.1 Å². The first-order valence-corrected chi connectivity index (χ1v) is 7.09. The molecule has 0 aromatic heterocycles. The van der Waals surface area contributed by atoms with E-state index in [1.165, 1.54) is 7.11 Å². The maximum absolute atomic E-state index is 12.1. The molecule has 21 heavy (non-hydrogen) atoms. The lowest BCUT2D eigenvalue weighted by molar-refractivity contribution is -0.154. The number of esters is 1. The molecule has 0 saturated carbocycles. The minimum atomic E-state index is -0.640. The SMILES string of the molecule is COC(=O)[C@]1(C)CCCN(C(=O)OCc2ccccc2)C1. The molecule has 5 nitrogen and oxygen atoms in total. The summed E-state index contributed by atoms with van der Waals surface area (Å²) in [6.07, 6.45) is 1.11. The summed E-state index contributed by atoms with van der Waals surface area (Å²) in [4.78, 5) is 25.5. The van der Waals surface area contributed by atoms with E-state index in [-0.39, 0.29) is 18.7 Å². The number of hydrogen-bond donors (Lipinski definition) is 0. The van der Waals surface area contributed by atoms with Crippen LogP contribution >= 0.6 is 0 Å². The van der Waals surface area contributed by atoms with E-state index in [0.29, 0.717) is 13.1 Å². The Morgan fingerprint density at radius 2 is 2.00 bits per heavy atom. The topological polar surface area (TPSA) is 55.8 Å². The Labute approximate surface area is 124 Å². The van der Waals surface area contributed by atoms with E-state index in [0.717, 1.165) is 18.4 Å². The van der Waals surface area contributed by atoms with Gasteiger partial charge in [0, 0.05) is 13.1 Å². The molecule has 0 unspecified atom stereocenters. The van der Waals surface area contributed by atoms with Crippen molar-refractivity contribution in [1.29, 1.82) is 0 Å². The molecule has 1 aliphatic rings. The van der Waals surface area contributed by atoms with Crippen LogP contribution in [0.25, 0.3) is 0 Å². The van der Waals surface area contributed by atoms with Gasteiger partial charge in [0.2, 0.25) is 0 Å². The van der Waals surface area contributed by atoms with E-state index < -0.39 is 5.41 Å². The predicted molar refractivity (Wildman–Crippen MR) is 77.6 cm³/mol. The van der Waals surface area contributed by atoms with Gasteiger partial charge in [0.05, 0.1) is 12.5 Å². The molecule has 2 rings (SSSR count). The molecule has 1 heterocycles. The third-order valence-corrected chi connectivity index (χ3v) is 3.84. The highest BCUT2D eigenvalue weighted by molar-refractivity contribution is 5.78. The molecule has 0 spiro atoms. The van der Waals surface area contributed by atoms with E-state index in [9.17, 15) is 9.59 Å². The van der Waals surface area contributed by atoms with Gasteiger partial charge in [0.1, 0.15) is 6.61 Å². The maximum atomic E-state index is 12.1. The van der Waals surface area contributed by atoms with Gasteiger partial charge >= 0.3 is 12.1 Å². The van der Waals surface area contributed by atoms with Crippen molar-refractivity contribution in [3.63, 3.8) is 0 Å². The van der Waals surface area contributed by atoms with Crippen molar-refractivity contribution in [2.24, 2.45) is 5.41 Å². The Morgan fingerprint density at radius 3 is 2.67 bits per heavy atom. The first-order chi connectivity index (χ1) is 10.0. The van der Waals surface area contributed by atoms with Crippen LogP contribution in [-0.4, -0.2) is 37.2 Å². The van der Waals surface area contributed by atoms with Crippen LogP contribution < -0.4 is 0 Å². The van der Waals surface area contributed by atoms with Crippen molar-refractivity contribution < 1.29 is 19.1 Å². The van der Waals surface area contributed by atoms with Crippen molar-refractivity contribution in [1.82, 2.24) is 4.90 Å². The van der Waals surface area contributed by atoms with Crippen LogP contribution in [0.5, 0.6) is 0 Å². The molecule has 5 heteroatoms. The molecular weight excluding hydrogens is 270 g/mol. The number of benzene rings is 1. The molecule has 0 N–H and O–H groups in total. The van der Waals surface area contributed by atoms with Gasteiger partial charge in [-0.1, -0.05) is 30.3 Å². The Balaban J connectivity index is 1.92. The smallest absolute Gasteiger partial charge is 0.410 e. The monoisotopic (exact) mass is 291 g/mol. The van der Waals surface area contributed by atoms with Crippen LogP contribution in [0.2, 0.25) is 0 Å². The van der Waals surface area contributed by atoms with Crippen molar-refractivity contribution in [2.45, 2.75) is 26.4 Å². The van der Waals surface area contributed by atoms with Gasteiger partial charge in [0.15, 0.2) is 0 Å². The number of carbonyl (C=O) groups excluding carboxylic acids is 2. The highest BCUT2D eigenvalue weighted by atomic mass is 16.6. The zero-order valence-corrected chi connectivity index (χ0v) is 12.5. The fourth-order valence-corrected chi connectivity index (χ4v) is 2.62. The molecule has 0 radical (unpaired) electrons. The first kappa shape index (κ1) is 15.4. The number of hydrogen-bond acceptors (Lipinski definition) is 4. The summed E-state index contributed by atoms with van der Waals surface area (Å²) in [5.41, 5.74) is 0.303. The van der Waals surface area contributed by atoms with Crippen LogP contribution in [0, 0.1) is 5.41 Å². The quantitative estimate of drug-likeness (QED) is 0.803. The van der Waals surface area contributed by atoms with Crippen LogP contribution in [0.1, 0.15) is 25.3 Å². The second-order valence-electron chi connectivity index (χ2n) is 5.62. The number of ether oxygens (including phenoxy) is 2. The van der Waals surface area contributed by atoms with Gasteiger partial charge in [-0.2, -0.15) is 0 Å². The third-order valence-electron chi connectivity index (χ3n) is 3.84. The summed E-state index contributed by atoms with van der Waals surface area (Å²) in [6, 6.07) is 9.53. The van der Waals surface area contributed by atoms with Crippen LogP contribution in [0.4, 0.5) is 4.79 Å². The lowest BCUT2D eigenvalue weighted by Gasteiger charge is -2.37. The van der Waals surface area contributed by atoms with Gasteiger partial charge in [-0.25, -0.2) is 4.79 Å². The number of nitrogens with zero attached hydrogens (tertiary/aromatic N) is 1. The number of likely N-dealkylation sites (tertiary alicyclic amines) is 1. The molecule has 1 aromatic carbocycles.